The van der Waals surface area contributed by atoms with Gasteiger partial charge in [0.2, 0.25) is 0 Å². The smallest absolute Gasteiger partial charge is 0.164 e. The van der Waals surface area contributed by atoms with Crippen molar-refractivity contribution >= 4 is 11.3 Å². The average molecular weight is 799 g/mol. The Morgan fingerprint density at radius 3 is 1.36 bits per heavy atom. The predicted molar refractivity (Wildman–Crippen MR) is 247 cm³/mol. The third kappa shape index (κ3) is 7.63. The molecule has 286 valence electrons. The number of hydrogen-bond acceptors (Lipinski definition) is 7. The molecule has 10 rings (SSSR count). The zero-order valence-electron chi connectivity index (χ0n) is 32.7. The lowest BCUT2D eigenvalue weighted by Gasteiger charge is -2.17. The summed E-state index contributed by atoms with van der Waals surface area (Å²) in [6.07, 6.45) is 0. The second-order valence-corrected chi connectivity index (χ2v) is 15.4. The third-order valence-electron chi connectivity index (χ3n) is 10.6. The molecule has 0 spiro atoms. The van der Waals surface area contributed by atoms with E-state index in [1.165, 1.54) is 0 Å². The quantitative estimate of drug-likeness (QED) is 0.144. The van der Waals surface area contributed by atoms with Gasteiger partial charge in [-0.2, -0.15) is 5.26 Å². The number of nitriles is 1. The van der Waals surface area contributed by atoms with Crippen molar-refractivity contribution in [1.82, 2.24) is 25.1 Å². The van der Waals surface area contributed by atoms with Crippen molar-refractivity contribution < 1.29 is 0 Å². The summed E-state index contributed by atoms with van der Waals surface area (Å²) in [6, 6.07) is 72.3. The standard InChI is InChI=1S/C54H34N6S/c55-35-44-21-10-11-24-45(44)42-31-32-47(41-22-14-23-43(33-41)54-60-59-53(61-54)40-19-8-3-9-20-40)49(34-42)48-26-13-12-25-46(48)36-27-29-39(30-28-36)52-57-50(37-15-4-1-5-16-37)56-51(58-52)38-17-6-2-7-18-38/h1-34H. The van der Waals surface area contributed by atoms with Gasteiger partial charge in [-0.15, -0.1) is 10.2 Å². The number of rotatable bonds is 9. The highest BCUT2D eigenvalue weighted by molar-refractivity contribution is 7.17. The molecule has 0 fully saturated rings. The molecule has 0 aliphatic heterocycles. The molecule has 0 amide bonds. The minimum Gasteiger partial charge on any atom is -0.208 e. The Kier molecular flexibility index (Phi) is 10.1. The molecule has 2 heterocycles. The van der Waals surface area contributed by atoms with E-state index in [1.54, 1.807) is 11.3 Å². The van der Waals surface area contributed by atoms with E-state index >= 15 is 0 Å². The van der Waals surface area contributed by atoms with Gasteiger partial charge in [-0.25, -0.2) is 15.0 Å². The van der Waals surface area contributed by atoms with Crippen LogP contribution in [0.25, 0.3) is 99.8 Å². The van der Waals surface area contributed by atoms with Crippen molar-refractivity contribution in [2.75, 3.05) is 0 Å². The van der Waals surface area contributed by atoms with Crippen LogP contribution in [0, 0.1) is 11.3 Å². The Labute approximate surface area is 357 Å². The molecule has 0 bridgehead atoms. The van der Waals surface area contributed by atoms with Crippen LogP contribution in [0.1, 0.15) is 5.56 Å². The Bertz CT molecular complexity index is 3140. The van der Waals surface area contributed by atoms with Crippen molar-refractivity contribution in [2.24, 2.45) is 0 Å². The molecule has 2 aromatic heterocycles. The van der Waals surface area contributed by atoms with E-state index in [2.05, 4.69) is 119 Å². The molecule has 0 aliphatic carbocycles. The lowest BCUT2D eigenvalue weighted by Crippen LogP contribution is -2.00. The summed E-state index contributed by atoms with van der Waals surface area (Å²) in [5.41, 5.74) is 13.6. The number of hydrogen-bond donors (Lipinski definition) is 0. The summed E-state index contributed by atoms with van der Waals surface area (Å²) < 4.78 is 0. The summed E-state index contributed by atoms with van der Waals surface area (Å²) >= 11 is 1.58. The van der Waals surface area contributed by atoms with Crippen LogP contribution in [0.3, 0.4) is 0 Å². The van der Waals surface area contributed by atoms with Crippen LogP contribution in [0.2, 0.25) is 0 Å². The summed E-state index contributed by atoms with van der Waals surface area (Å²) in [4.78, 5) is 14.8. The predicted octanol–water partition coefficient (Wildman–Crippen LogP) is 13.6. The minimum absolute atomic E-state index is 0.602. The van der Waals surface area contributed by atoms with E-state index in [0.717, 1.165) is 82.3 Å². The summed E-state index contributed by atoms with van der Waals surface area (Å²) in [7, 11) is 0. The summed E-state index contributed by atoms with van der Waals surface area (Å²) in [5, 5.41) is 20.9. The molecule has 10 aromatic rings. The topological polar surface area (TPSA) is 88.2 Å². The molecule has 0 N–H and O–H groups in total. The van der Waals surface area contributed by atoms with Gasteiger partial charge in [0.25, 0.3) is 0 Å². The van der Waals surface area contributed by atoms with Crippen LogP contribution in [-0.4, -0.2) is 25.1 Å². The average Bonchev–Trinajstić information content (AvgIpc) is 3.86. The van der Waals surface area contributed by atoms with Crippen LogP contribution < -0.4 is 0 Å². The maximum atomic E-state index is 10.1. The van der Waals surface area contributed by atoms with Crippen molar-refractivity contribution in [1.29, 1.82) is 5.26 Å². The molecule has 0 saturated carbocycles. The van der Waals surface area contributed by atoms with Gasteiger partial charge in [0, 0.05) is 27.8 Å². The second kappa shape index (κ2) is 16.6. The number of nitrogens with zero attached hydrogens (tertiary/aromatic N) is 6. The van der Waals surface area contributed by atoms with Crippen molar-refractivity contribution in [2.45, 2.75) is 0 Å². The highest BCUT2D eigenvalue weighted by Crippen LogP contribution is 2.42. The molecule has 7 heteroatoms. The van der Waals surface area contributed by atoms with E-state index in [0.29, 0.717) is 23.0 Å². The first-order chi connectivity index (χ1) is 30.2. The van der Waals surface area contributed by atoms with Gasteiger partial charge < -0.3 is 0 Å². The Morgan fingerprint density at radius 2 is 0.738 bits per heavy atom. The highest BCUT2D eigenvalue weighted by atomic mass is 32.1. The van der Waals surface area contributed by atoms with Crippen molar-refractivity contribution in [3.63, 3.8) is 0 Å². The molecular weight excluding hydrogens is 765 g/mol. The largest absolute Gasteiger partial charge is 0.208 e. The molecule has 0 aliphatic rings. The van der Waals surface area contributed by atoms with Gasteiger partial charge in [0.1, 0.15) is 10.0 Å². The monoisotopic (exact) mass is 798 g/mol. The molecule has 61 heavy (non-hydrogen) atoms. The maximum Gasteiger partial charge on any atom is 0.164 e. The number of aromatic nitrogens is 5. The first kappa shape index (κ1) is 37.1. The normalized spacial score (nSPS) is 10.9. The Hall–Kier alpha value is -8.18. The molecule has 6 nitrogen and oxygen atoms in total. The van der Waals surface area contributed by atoms with Gasteiger partial charge in [0.15, 0.2) is 17.5 Å². The van der Waals surface area contributed by atoms with Gasteiger partial charge >= 0.3 is 0 Å². The summed E-state index contributed by atoms with van der Waals surface area (Å²) in [5.74, 6) is 1.84. The fraction of sp³-hybridized carbons (Fsp3) is 0. The van der Waals surface area contributed by atoms with E-state index in [9.17, 15) is 5.26 Å². The molecule has 0 saturated heterocycles. The molecule has 0 unspecified atom stereocenters. The fourth-order valence-corrected chi connectivity index (χ4v) is 8.43. The first-order valence-corrected chi connectivity index (χ1v) is 20.7. The van der Waals surface area contributed by atoms with Crippen LogP contribution in [0.4, 0.5) is 0 Å². The highest BCUT2D eigenvalue weighted by Gasteiger charge is 2.18. The van der Waals surface area contributed by atoms with Crippen molar-refractivity contribution in [3.05, 3.63) is 212 Å². The molecule has 0 atom stereocenters. The lowest BCUT2D eigenvalue weighted by atomic mass is 9.86. The fourth-order valence-electron chi connectivity index (χ4n) is 7.58. The zero-order chi connectivity index (χ0) is 41.0. The molecule has 0 radical (unpaired) electrons. The van der Waals surface area contributed by atoms with E-state index in [1.807, 2.05) is 103 Å². The maximum absolute atomic E-state index is 10.1. The van der Waals surface area contributed by atoms with Crippen LogP contribution >= 0.6 is 11.3 Å². The van der Waals surface area contributed by atoms with E-state index in [-0.39, 0.29) is 0 Å². The minimum atomic E-state index is 0.602. The lowest BCUT2D eigenvalue weighted by molar-refractivity contribution is 1.07. The van der Waals surface area contributed by atoms with Crippen LogP contribution in [0.5, 0.6) is 0 Å². The molecular formula is C54H34N6S. The first-order valence-electron chi connectivity index (χ1n) is 19.9. The second-order valence-electron chi connectivity index (χ2n) is 14.4. The van der Waals surface area contributed by atoms with Crippen LogP contribution in [-0.2, 0) is 0 Å². The van der Waals surface area contributed by atoms with Gasteiger partial charge in [-0.3, -0.25) is 0 Å². The van der Waals surface area contributed by atoms with Gasteiger partial charge in [-0.1, -0.05) is 199 Å². The summed E-state index contributed by atoms with van der Waals surface area (Å²) in [6.45, 7) is 0. The van der Waals surface area contributed by atoms with Crippen LogP contribution in [0.15, 0.2) is 206 Å². The van der Waals surface area contributed by atoms with E-state index in [4.69, 9.17) is 15.0 Å². The Morgan fingerprint density at radius 1 is 0.311 bits per heavy atom. The number of benzene rings is 8. The zero-order valence-corrected chi connectivity index (χ0v) is 33.5. The van der Waals surface area contributed by atoms with Gasteiger partial charge in [-0.05, 0) is 62.7 Å². The third-order valence-corrected chi connectivity index (χ3v) is 11.6. The molecule has 8 aromatic carbocycles. The van der Waals surface area contributed by atoms with E-state index < -0.39 is 0 Å². The SMILES string of the molecule is N#Cc1ccccc1-c1ccc(-c2cccc(-c3nnc(-c4ccccc4)s3)c2)c(-c2ccccc2-c2ccc(-c3nc(-c4ccccc4)nc(-c4ccccc4)n3)cc2)c1. The van der Waals surface area contributed by atoms with Gasteiger partial charge in [0.05, 0.1) is 11.6 Å². The van der Waals surface area contributed by atoms with Crippen molar-refractivity contribution in [3.8, 4) is 106 Å². The Balaban J connectivity index is 1.07.